The number of hydrogen-bond donors (Lipinski definition) is 0. The normalized spacial score (nSPS) is 34.8. The van der Waals surface area contributed by atoms with E-state index in [1.165, 1.54) is 0 Å². The largest absolute Gasteiger partial charge is 0.382 e. The van der Waals surface area contributed by atoms with Crippen molar-refractivity contribution < 1.29 is 9.47 Å². The molecule has 0 bridgehead atoms. The van der Waals surface area contributed by atoms with E-state index in [2.05, 4.69) is 5.92 Å². The highest BCUT2D eigenvalue weighted by Crippen LogP contribution is 2.27. The first kappa shape index (κ1) is 9.63. The van der Waals surface area contributed by atoms with Crippen LogP contribution >= 0.6 is 0 Å². The van der Waals surface area contributed by atoms with Gasteiger partial charge in [0.1, 0.15) is 7.85 Å². The Morgan fingerprint density at radius 3 is 3.08 bits per heavy atom. The molecule has 1 aliphatic rings. The predicted molar refractivity (Wildman–Crippen MR) is 47.8 cm³/mol. The highest BCUT2D eigenvalue weighted by molar-refractivity contribution is 6.11. The first-order valence-corrected chi connectivity index (χ1v) is 4.11. The molecule has 0 aromatic heterocycles. The van der Waals surface area contributed by atoms with Crippen molar-refractivity contribution in [3.05, 3.63) is 0 Å². The zero-order valence-electron chi connectivity index (χ0n) is 7.32. The summed E-state index contributed by atoms with van der Waals surface area (Å²) in [6.07, 6.45) is 6.88. The summed E-state index contributed by atoms with van der Waals surface area (Å²) in [5.41, 5.74) is 0. The van der Waals surface area contributed by atoms with Gasteiger partial charge in [-0.25, -0.2) is 0 Å². The summed E-state index contributed by atoms with van der Waals surface area (Å²) in [5, 5.41) is 0. The van der Waals surface area contributed by atoms with Gasteiger partial charge in [-0.3, -0.25) is 0 Å². The van der Waals surface area contributed by atoms with E-state index in [1.807, 2.05) is 0 Å². The van der Waals surface area contributed by atoms with Crippen LogP contribution in [0.1, 0.15) is 12.8 Å². The van der Waals surface area contributed by atoms with E-state index in [9.17, 15) is 0 Å². The van der Waals surface area contributed by atoms with Crippen LogP contribution < -0.4 is 0 Å². The van der Waals surface area contributed by atoms with E-state index >= 15 is 0 Å². The number of hydrogen-bond acceptors (Lipinski definition) is 2. The van der Waals surface area contributed by atoms with E-state index in [4.69, 9.17) is 23.7 Å². The predicted octanol–water partition coefficient (Wildman–Crippen LogP) is 0.556. The average molecular weight is 164 g/mol. The molecule has 64 valence electrons. The summed E-state index contributed by atoms with van der Waals surface area (Å²) in [4.78, 5) is 0. The maximum absolute atomic E-state index is 5.63. The van der Waals surface area contributed by atoms with Crippen LogP contribution in [0.3, 0.4) is 0 Å². The minimum absolute atomic E-state index is 0.0843. The van der Waals surface area contributed by atoms with Crippen LogP contribution in [-0.2, 0) is 9.47 Å². The van der Waals surface area contributed by atoms with Gasteiger partial charge in [0.2, 0.25) is 0 Å². The van der Waals surface area contributed by atoms with Crippen LogP contribution in [-0.4, -0.2) is 33.7 Å². The van der Waals surface area contributed by atoms with Gasteiger partial charge in [0, 0.05) is 19.5 Å². The summed E-state index contributed by atoms with van der Waals surface area (Å²) in [6.45, 7) is 0.583. The molecule has 3 atom stereocenters. The lowest BCUT2D eigenvalue weighted by atomic mass is 9.89. The van der Waals surface area contributed by atoms with Gasteiger partial charge >= 0.3 is 0 Å². The lowest BCUT2D eigenvalue weighted by molar-refractivity contribution is 0.0102. The molecular weight excluding hydrogens is 151 g/mol. The molecule has 3 heteroatoms. The fraction of sp³-hybridized carbons (Fsp3) is 0.778. The molecule has 0 spiro atoms. The van der Waals surface area contributed by atoms with Crippen molar-refractivity contribution in [1.82, 2.24) is 0 Å². The van der Waals surface area contributed by atoms with Crippen LogP contribution in [0, 0.1) is 18.3 Å². The zero-order valence-corrected chi connectivity index (χ0v) is 7.32. The summed E-state index contributed by atoms with van der Waals surface area (Å²) < 4.78 is 10.4. The lowest BCUT2D eigenvalue weighted by Crippen LogP contribution is -2.21. The Morgan fingerprint density at radius 1 is 1.75 bits per heavy atom. The van der Waals surface area contributed by atoms with Gasteiger partial charge in [-0.1, -0.05) is 0 Å². The average Bonchev–Trinajstić information content (AvgIpc) is 2.33. The molecule has 0 N–H and O–H groups in total. The van der Waals surface area contributed by atoms with Gasteiger partial charge in [0.25, 0.3) is 0 Å². The van der Waals surface area contributed by atoms with Crippen molar-refractivity contribution in [3.63, 3.8) is 0 Å². The maximum atomic E-state index is 5.63. The van der Waals surface area contributed by atoms with Gasteiger partial charge in [0.05, 0.1) is 12.7 Å². The maximum Gasteiger partial charge on any atom is 0.109 e. The Labute approximate surface area is 75.0 Å². The van der Waals surface area contributed by atoms with Crippen molar-refractivity contribution >= 4 is 7.85 Å². The van der Waals surface area contributed by atoms with Crippen molar-refractivity contribution in [1.29, 1.82) is 0 Å². The first-order valence-electron chi connectivity index (χ1n) is 4.11. The van der Waals surface area contributed by atoms with Crippen LogP contribution in [0.15, 0.2) is 0 Å². The minimum atomic E-state index is -0.163. The van der Waals surface area contributed by atoms with Gasteiger partial charge in [0.15, 0.2) is 0 Å². The molecular formula is C9H13BO2. The van der Waals surface area contributed by atoms with Gasteiger partial charge < -0.3 is 9.47 Å². The summed E-state index contributed by atoms with van der Waals surface area (Å²) in [5.74, 6) is 2.99. The molecule has 1 fully saturated rings. The topological polar surface area (TPSA) is 18.5 Å². The number of methoxy groups -OCH3 is 1. The third kappa shape index (κ3) is 2.26. The molecule has 0 aromatic rings. The van der Waals surface area contributed by atoms with E-state index in [-0.39, 0.29) is 12.1 Å². The molecule has 1 aliphatic heterocycles. The molecule has 1 saturated heterocycles. The molecule has 0 amide bonds. The Bertz CT molecular complexity index is 176. The second kappa shape index (κ2) is 4.54. The zero-order chi connectivity index (χ0) is 8.97. The quantitative estimate of drug-likeness (QED) is 0.448. The third-order valence-electron chi connectivity index (χ3n) is 2.12. The summed E-state index contributed by atoms with van der Waals surface area (Å²) in [7, 11) is 7.28. The van der Waals surface area contributed by atoms with Crippen molar-refractivity contribution in [2.75, 3.05) is 13.7 Å². The van der Waals surface area contributed by atoms with Gasteiger partial charge in [-0.05, 0) is 12.3 Å². The van der Waals surface area contributed by atoms with E-state index < -0.39 is 0 Å². The molecule has 12 heavy (non-hydrogen) atoms. The number of terminal acetylenes is 1. The Morgan fingerprint density at radius 2 is 2.50 bits per heavy atom. The second-order valence-electron chi connectivity index (χ2n) is 3.07. The van der Waals surface area contributed by atoms with Crippen molar-refractivity contribution in [2.45, 2.75) is 24.9 Å². The Balaban J connectivity index is 2.42. The Hall–Kier alpha value is -0.455. The molecule has 0 saturated carbocycles. The molecule has 1 unspecified atom stereocenters. The first-order chi connectivity index (χ1) is 5.77. The van der Waals surface area contributed by atoms with E-state index in [1.54, 1.807) is 7.11 Å². The smallest absolute Gasteiger partial charge is 0.109 e. The van der Waals surface area contributed by atoms with Crippen molar-refractivity contribution in [3.8, 4) is 12.3 Å². The van der Waals surface area contributed by atoms with E-state index in [0.717, 1.165) is 12.8 Å². The number of ether oxygens (including phenoxy) is 2. The van der Waals surface area contributed by atoms with E-state index in [0.29, 0.717) is 12.5 Å². The van der Waals surface area contributed by atoms with Crippen molar-refractivity contribution in [2.24, 2.45) is 5.92 Å². The minimum Gasteiger partial charge on any atom is -0.382 e. The SMILES string of the molecule is [B][C@H]1CC(CC#C)[C@@H](COC)O1. The Kier molecular flexibility index (Phi) is 3.64. The van der Waals surface area contributed by atoms with Crippen LogP contribution in [0.4, 0.5) is 0 Å². The van der Waals surface area contributed by atoms with Crippen LogP contribution in [0.25, 0.3) is 0 Å². The molecule has 2 radical (unpaired) electrons. The van der Waals surface area contributed by atoms with Crippen LogP contribution in [0.2, 0.25) is 0 Å². The molecule has 1 heterocycles. The summed E-state index contributed by atoms with van der Waals surface area (Å²) >= 11 is 0. The second-order valence-corrected chi connectivity index (χ2v) is 3.07. The fourth-order valence-corrected chi connectivity index (χ4v) is 1.55. The molecule has 2 nitrogen and oxygen atoms in total. The standard InChI is InChI=1S/C9H13BO2/c1-3-4-7-5-9(10)12-8(7)6-11-2/h1,7-9H,4-6H2,2H3/t7?,8-,9-/m1/s1. The van der Waals surface area contributed by atoms with Crippen LogP contribution in [0.5, 0.6) is 0 Å². The molecule has 0 aliphatic carbocycles. The monoisotopic (exact) mass is 164 g/mol. The highest BCUT2D eigenvalue weighted by atomic mass is 16.5. The number of rotatable bonds is 3. The fourth-order valence-electron chi connectivity index (χ4n) is 1.55. The van der Waals surface area contributed by atoms with Gasteiger partial charge in [-0.2, -0.15) is 0 Å². The lowest BCUT2D eigenvalue weighted by Gasteiger charge is -2.15. The summed E-state index contributed by atoms with van der Waals surface area (Å²) in [6, 6.07) is -0.163. The molecule has 1 rings (SSSR count). The third-order valence-corrected chi connectivity index (χ3v) is 2.12. The molecule has 0 aromatic carbocycles. The van der Waals surface area contributed by atoms with Gasteiger partial charge in [-0.15, -0.1) is 12.3 Å². The highest BCUT2D eigenvalue weighted by Gasteiger charge is 2.31.